The second-order valence-corrected chi connectivity index (χ2v) is 1.77. The zero-order valence-corrected chi connectivity index (χ0v) is 7.33. The minimum absolute atomic E-state index is 0.0293. The maximum Gasteiger partial charge on any atom is 0.642 e. The van der Waals surface area contributed by atoms with Crippen LogP contribution >= 0.6 is 34.8 Å². The third kappa shape index (κ3) is 5.59. The van der Waals surface area contributed by atoms with Gasteiger partial charge >= 0.3 is 7.32 Å². The highest BCUT2D eigenvalue weighted by molar-refractivity contribution is 6.39. The molecule has 0 saturated heterocycles. The zero-order valence-electron chi connectivity index (χ0n) is 5.06. The van der Waals surface area contributed by atoms with E-state index in [1.54, 1.807) is 0 Å². The average Bonchev–Trinajstić information content (AvgIpc) is 1.90. The van der Waals surface area contributed by atoms with Crippen LogP contribution < -0.4 is 0 Å². The summed E-state index contributed by atoms with van der Waals surface area (Å²) in [5.41, 5.74) is 0. The number of rotatable bonds is 6. The molecule has 60 valence electrons. The monoisotopic (exact) mass is 206 g/mol. The van der Waals surface area contributed by atoms with Crippen LogP contribution in [0, 0.1) is 0 Å². The van der Waals surface area contributed by atoms with Gasteiger partial charge < -0.3 is 14.0 Å². The molecule has 0 aliphatic carbocycles. The van der Waals surface area contributed by atoms with E-state index in [0.29, 0.717) is 0 Å². The Labute approximate surface area is 74.6 Å². The van der Waals surface area contributed by atoms with Crippen LogP contribution in [0.4, 0.5) is 0 Å². The molecule has 0 N–H and O–H groups in total. The summed E-state index contributed by atoms with van der Waals surface area (Å²) in [5, 5.41) is 0. The molecule has 0 aromatic carbocycles. The van der Waals surface area contributed by atoms with Crippen molar-refractivity contribution >= 4 is 42.1 Å². The molecule has 10 heavy (non-hydrogen) atoms. The topological polar surface area (TPSA) is 27.7 Å². The first kappa shape index (κ1) is 10.8. The second-order valence-electron chi connectivity index (χ2n) is 1.12. The summed E-state index contributed by atoms with van der Waals surface area (Å²) >= 11 is 15.6. The molecule has 0 amide bonds. The van der Waals surface area contributed by atoms with Crippen LogP contribution in [0.5, 0.6) is 0 Å². The first-order chi connectivity index (χ1) is 4.85. The van der Waals surface area contributed by atoms with Gasteiger partial charge in [-0.15, -0.1) is 0 Å². The minimum atomic E-state index is -0.868. The van der Waals surface area contributed by atoms with E-state index in [9.17, 15) is 0 Å². The molecule has 0 bridgehead atoms. The van der Waals surface area contributed by atoms with Gasteiger partial charge in [-0.25, -0.2) is 0 Å². The molecule has 0 aliphatic heterocycles. The van der Waals surface area contributed by atoms with Gasteiger partial charge in [-0.2, -0.15) is 0 Å². The van der Waals surface area contributed by atoms with Gasteiger partial charge in [0.25, 0.3) is 0 Å². The van der Waals surface area contributed by atoms with Crippen LogP contribution in [0.15, 0.2) is 0 Å². The van der Waals surface area contributed by atoms with E-state index in [1.807, 2.05) is 0 Å². The van der Waals surface area contributed by atoms with Crippen LogP contribution in [-0.4, -0.2) is 25.5 Å². The van der Waals surface area contributed by atoms with Gasteiger partial charge in [0.2, 0.25) is 0 Å². The molecule has 0 unspecified atom stereocenters. The molecule has 0 fully saturated rings. The lowest BCUT2D eigenvalue weighted by atomic mass is 10.2. The van der Waals surface area contributed by atoms with Crippen molar-refractivity contribution < 1.29 is 14.0 Å². The Kier molecular flexibility index (Phi) is 8.56. The number of hydrogen-bond acceptors (Lipinski definition) is 3. The molecule has 3 nitrogen and oxygen atoms in total. The highest BCUT2D eigenvalue weighted by Gasteiger charge is 2.19. The van der Waals surface area contributed by atoms with Gasteiger partial charge in [-0.3, -0.25) is 0 Å². The third-order valence-corrected chi connectivity index (χ3v) is 0.975. The van der Waals surface area contributed by atoms with Crippen molar-refractivity contribution in [1.29, 1.82) is 0 Å². The Hall–Kier alpha value is 0.815. The first-order valence-corrected chi connectivity index (χ1v) is 3.98. The molecule has 0 radical (unpaired) electrons. The van der Waals surface area contributed by atoms with Gasteiger partial charge in [-0.1, -0.05) is 34.8 Å². The molecule has 0 aromatic rings. The Balaban J connectivity index is 3.30. The number of hydrogen-bond donors (Lipinski definition) is 0. The van der Waals surface area contributed by atoms with Crippen molar-refractivity contribution in [3.8, 4) is 0 Å². The average molecular weight is 207 g/mol. The van der Waals surface area contributed by atoms with Gasteiger partial charge in [0.1, 0.15) is 18.2 Å². The van der Waals surface area contributed by atoms with E-state index in [-0.39, 0.29) is 18.2 Å². The Bertz CT molecular complexity index is 61.7. The van der Waals surface area contributed by atoms with Crippen molar-refractivity contribution in [2.75, 3.05) is 18.2 Å². The van der Waals surface area contributed by atoms with Crippen LogP contribution in [0.25, 0.3) is 0 Å². The van der Waals surface area contributed by atoms with Crippen LogP contribution in [0.3, 0.4) is 0 Å². The fourth-order valence-electron chi connectivity index (χ4n) is 0.299. The largest absolute Gasteiger partial charge is 0.642 e. The summed E-state index contributed by atoms with van der Waals surface area (Å²) in [4.78, 5) is 0. The van der Waals surface area contributed by atoms with Crippen molar-refractivity contribution in [2.45, 2.75) is 0 Å². The van der Waals surface area contributed by atoms with E-state index in [1.165, 1.54) is 0 Å². The van der Waals surface area contributed by atoms with Crippen LogP contribution in [-0.2, 0) is 14.0 Å². The summed E-state index contributed by atoms with van der Waals surface area (Å²) in [6.07, 6.45) is 0. The predicted molar refractivity (Wildman–Crippen MR) is 41.2 cm³/mol. The molecule has 0 rings (SSSR count). The van der Waals surface area contributed by atoms with E-state index >= 15 is 0 Å². The molecular weight excluding hydrogens is 201 g/mol. The highest BCUT2D eigenvalue weighted by Crippen LogP contribution is 1.96. The molecule has 0 aliphatic rings. The second kappa shape index (κ2) is 7.92. The molecular formula is C3H6BCl3O3. The minimum Gasteiger partial charge on any atom is -0.372 e. The fraction of sp³-hybridized carbons (Fsp3) is 1.00. The van der Waals surface area contributed by atoms with Gasteiger partial charge in [0.15, 0.2) is 0 Å². The Morgan fingerprint density at radius 3 is 1.30 bits per heavy atom. The zero-order chi connectivity index (χ0) is 7.82. The van der Waals surface area contributed by atoms with E-state index in [2.05, 4.69) is 14.0 Å². The quantitative estimate of drug-likeness (QED) is 0.489. The van der Waals surface area contributed by atoms with E-state index in [4.69, 9.17) is 34.8 Å². The van der Waals surface area contributed by atoms with Crippen molar-refractivity contribution in [3.63, 3.8) is 0 Å². The Morgan fingerprint density at radius 2 is 1.10 bits per heavy atom. The maximum absolute atomic E-state index is 5.20. The van der Waals surface area contributed by atoms with Crippen LogP contribution in [0.1, 0.15) is 0 Å². The van der Waals surface area contributed by atoms with Crippen molar-refractivity contribution in [1.82, 2.24) is 0 Å². The van der Waals surface area contributed by atoms with Crippen molar-refractivity contribution in [2.24, 2.45) is 0 Å². The normalized spacial score (nSPS) is 9.90. The lowest BCUT2D eigenvalue weighted by Gasteiger charge is -2.07. The summed E-state index contributed by atoms with van der Waals surface area (Å²) in [7, 11) is -0.868. The van der Waals surface area contributed by atoms with Gasteiger partial charge in [-0.05, 0) is 0 Å². The highest BCUT2D eigenvalue weighted by atomic mass is 35.5. The first-order valence-electron chi connectivity index (χ1n) is 2.37. The van der Waals surface area contributed by atoms with Crippen LogP contribution in [0.2, 0.25) is 0 Å². The molecule has 0 atom stereocenters. The smallest absolute Gasteiger partial charge is 0.372 e. The van der Waals surface area contributed by atoms with Gasteiger partial charge in [0, 0.05) is 0 Å². The lowest BCUT2D eigenvalue weighted by Crippen LogP contribution is -2.25. The summed E-state index contributed by atoms with van der Waals surface area (Å²) in [5.74, 6) is 0. The summed E-state index contributed by atoms with van der Waals surface area (Å²) in [6.45, 7) is 0. The lowest BCUT2D eigenvalue weighted by molar-refractivity contribution is 0.141. The van der Waals surface area contributed by atoms with Gasteiger partial charge in [0.05, 0.1) is 0 Å². The molecule has 0 heterocycles. The Morgan fingerprint density at radius 1 is 0.800 bits per heavy atom. The van der Waals surface area contributed by atoms with Crippen molar-refractivity contribution in [3.05, 3.63) is 0 Å². The van der Waals surface area contributed by atoms with E-state index in [0.717, 1.165) is 0 Å². The summed E-state index contributed by atoms with van der Waals surface area (Å²) < 4.78 is 14.0. The predicted octanol–water partition coefficient (Wildman–Crippen LogP) is 1.61. The maximum atomic E-state index is 5.20. The molecule has 0 aromatic heterocycles. The SMILES string of the molecule is ClCOB(OCCl)OCCl. The summed E-state index contributed by atoms with van der Waals surface area (Å²) in [6, 6.07) is -0.0880. The number of alkyl halides is 3. The third-order valence-electron chi connectivity index (χ3n) is 0.597. The number of halogens is 3. The fourth-order valence-corrected chi connectivity index (χ4v) is 0.607. The standard InChI is InChI=1S/C3H6BCl3O3/c5-1-8-4(9-2-6)10-3-7/h1-3H2. The molecule has 0 spiro atoms. The molecule has 0 saturated carbocycles. The van der Waals surface area contributed by atoms with E-state index < -0.39 is 7.32 Å². The molecule has 7 heteroatoms.